The summed E-state index contributed by atoms with van der Waals surface area (Å²) in [6, 6.07) is 10.3. The first-order chi connectivity index (χ1) is 24.8. The van der Waals surface area contributed by atoms with Gasteiger partial charge in [0.1, 0.15) is 22.8 Å². The molecule has 21 nitrogen and oxygen atoms in total. The molecule has 252 valence electrons. The zero-order chi connectivity index (χ0) is 35.2. The molecule has 0 saturated carbocycles. The number of H-pyrrole nitrogens is 2. The maximum absolute atomic E-state index is 13.7. The van der Waals surface area contributed by atoms with Crippen molar-refractivity contribution in [3.63, 3.8) is 0 Å². The number of aromatic nitrogens is 14. The molecule has 51 heavy (non-hydrogen) atoms. The van der Waals surface area contributed by atoms with Crippen molar-refractivity contribution < 1.29 is 14.3 Å². The summed E-state index contributed by atoms with van der Waals surface area (Å²) in [6.45, 7) is 7.07. The van der Waals surface area contributed by atoms with E-state index < -0.39 is 11.9 Å². The summed E-state index contributed by atoms with van der Waals surface area (Å²) in [4.78, 5) is 36.0. The maximum atomic E-state index is 13.7. The minimum atomic E-state index is -1.07. The van der Waals surface area contributed by atoms with Gasteiger partial charge in [0.25, 0.3) is 0 Å². The smallest absolute Gasteiger partial charge is 0.351 e. The molecule has 0 saturated heterocycles. The van der Waals surface area contributed by atoms with E-state index in [1.807, 2.05) is 0 Å². The van der Waals surface area contributed by atoms with Crippen LogP contribution in [0.25, 0.3) is 22.9 Å². The van der Waals surface area contributed by atoms with Crippen molar-refractivity contribution in [2.45, 2.75) is 27.7 Å². The highest BCUT2D eigenvalue weighted by atomic mass is 16.6. The number of pyridine rings is 2. The van der Waals surface area contributed by atoms with Crippen LogP contribution in [0.2, 0.25) is 0 Å². The molecule has 8 aromatic heterocycles. The lowest BCUT2D eigenvalue weighted by atomic mass is 10.3. The molecule has 0 aliphatic rings. The zero-order valence-corrected chi connectivity index (χ0v) is 27.2. The third-order valence-electron chi connectivity index (χ3n) is 7.65. The molecule has 0 aromatic carbocycles. The van der Waals surface area contributed by atoms with Crippen molar-refractivity contribution in [2.75, 3.05) is 0 Å². The Morgan fingerprint density at radius 3 is 1.51 bits per heavy atom. The van der Waals surface area contributed by atoms with E-state index in [0.29, 0.717) is 57.3 Å². The van der Waals surface area contributed by atoms with Gasteiger partial charge < -0.3 is 4.74 Å². The van der Waals surface area contributed by atoms with E-state index in [4.69, 9.17) is 4.74 Å². The monoisotopic (exact) mass is 684 g/mol. The number of nitrogens with zero attached hydrogens (tertiary/aromatic N) is 16. The number of hydrogen-bond acceptors (Lipinski definition) is 15. The summed E-state index contributed by atoms with van der Waals surface area (Å²) in [7, 11) is 0. The topological polar surface area (TPSA) is 246 Å². The highest BCUT2D eigenvalue weighted by Crippen LogP contribution is 2.32. The normalized spacial score (nSPS) is 11.9. The molecule has 8 rings (SSSR count). The number of aromatic amines is 2. The molecule has 0 aliphatic heterocycles. The maximum Gasteiger partial charge on any atom is 0.351 e. The van der Waals surface area contributed by atoms with Crippen molar-refractivity contribution in [1.29, 1.82) is 0 Å². The van der Waals surface area contributed by atoms with E-state index in [1.165, 1.54) is 21.8 Å². The van der Waals surface area contributed by atoms with Crippen LogP contribution in [0.1, 0.15) is 43.8 Å². The lowest BCUT2D eigenvalue weighted by molar-refractivity contribution is 0.0399. The second-order valence-electron chi connectivity index (χ2n) is 11.0. The number of hydrogen-bond donors (Lipinski definition) is 2. The molecule has 0 amide bonds. The van der Waals surface area contributed by atoms with Crippen LogP contribution >= 0.6 is 0 Å². The Balaban J connectivity index is 1.16. The van der Waals surface area contributed by atoms with Crippen molar-refractivity contribution in [2.24, 2.45) is 20.5 Å². The number of esters is 2. The van der Waals surface area contributed by atoms with E-state index in [2.05, 4.69) is 71.2 Å². The molecule has 8 aromatic rings. The average Bonchev–Trinajstić information content (AvgIpc) is 3.99. The molecule has 2 N–H and O–H groups in total. The molecule has 0 spiro atoms. The van der Waals surface area contributed by atoms with Gasteiger partial charge in [-0.25, -0.2) is 19.6 Å². The van der Waals surface area contributed by atoms with Crippen molar-refractivity contribution in [1.82, 2.24) is 69.2 Å². The summed E-state index contributed by atoms with van der Waals surface area (Å²) >= 11 is 0. The SMILES string of the molecule is Cc1nn2c(C)n[nH]c2c1N=Nc1c(C(=O)OC(=O)c2cnn(-c3ccccn3)c2N=Nc2c(C)nn3c(C)n[nH]c23)cnn1-c1ccccn1. The van der Waals surface area contributed by atoms with Gasteiger partial charge in [-0.3, -0.25) is 10.2 Å². The average molecular weight is 685 g/mol. The molecule has 0 unspecified atom stereocenters. The Labute approximate surface area is 284 Å². The summed E-state index contributed by atoms with van der Waals surface area (Å²) in [6.07, 6.45) is 5.52. The summed E-state index contributed by atoms with van der Waals surface area (Å²) in [5.41, 5.74) is 2.53. The summed E-state index contributed by atoms with van der Waals surface area (Å²) < 4.78 is 11.1. The Hall–Kier alpha value is -7.58. The van der Waals surface area contributed by atoms with Crippen LogP contribution in [0, 0.1) is 27.7 Å². The quantitative estimate of drug-likeness (QED) is 0.127. The van der Waals surface area contributed by atoms with Gasteiger partial charge in [0.2, 0.25) is 0 Å². The molecular formula is C30H24N18O3. The number of carbonyl (C=O) groups is 2. The first-order valence-electron chi connectivity index (χ1n) is 15.2. The molecule has 21 heteroatoms. The van der Waals surface area contributed by atoms with Crippen molar-refractivity contribution in [3.05, 3.63) is 95.3 Å². The molecule has 0 aliphatic carbocycles. The van der Waals surface area contributed by atoms with Gasteiger partial charge in [-0.05, 0) is 52.0 Å². The molecular weight excluding hydrogens is 660 g/mol. The number of azo groups is 2. The molecule has 0 radical (unpaired) electrons. The van der Waals surface area contributed by atoms with E-state index in [-0.39, 0.29) is 22.8 Å². The second kappa shape index (κ2) is 12.1. The van der Waals surface area contributed by atoms with Gasteiger partial charge in [0, 0.05) is 12.4 Å². The van der Waals surface area contributed by atoms with Gasteiger partial charge in [0.05, 0.1) is 23.8 Å². The number of rotatable bonds is 8. The predicted molar refractivity (Wildman–Crippen MR) is 174 cm³/mol. The van der Waals surface area contributed by atoms with Crippen LogP contribution in [-0.4, -0.2) is 81.1 Å². The fourth-order valence-electron chi connectivity index (χ4n) is 5.16. The standard InChI is InChI=1S/C30H24N18O3/c1-15-23(27-41-35-17(3)45(27)43-15)37-39-25-19(13-33-47(25)21-9-5-7-11-31-21)29(49)51-30(50)20-14-34-48(22-10-6-8-12-32-22)26(20)40-38-24-16(2)44-46-18(4)36-42-28(24)46/h5-14,41-42H,1-4H3. The third kappa shape index (κ3) is 5.29. The number of aryl methyl sites for hydroxylation is 4. The van der Waals surface area contributed by atoms with E-state index >= 15 is 0 Å². The molecule has 0 bridgehead atoms. The molecule has 0 fully saturated rings. The Kier molecular flexibility index (Phi) is 7.32. The molecule has 8 heterocycles. The van der Waals surface area contributed by atoms with Crippen molar-refractivity contribution in [3.8, 4) is 11.6 Å². The first kappa shape index (κ1) is 30.7. The van der Waals surface area contributed by atoms with Gasteiger partial charge >= 0.3 is 11.9 Å². The number of ether oxygens (including phenoxy) is 1. The summed E-state index contributed by atoms with van der Waals surface area (Å²) in [5, 5.41) is 49.0. The fraction of sp³-hybridized carbons (Fsp3) is 0.133. The first-order valence-corrected chi connectivity index (χ1v) is 15.2. The van der Waals surface area contributed by atoms with Crippen LogP contribution in [0.3, 0.4) is 0 Å². The van der Waals surface area contributed by atoms with Gasteiger partial charge in [0.15, 0.2) is 45.9 Å². The van der Waals surface area contributed by atoms with E-state index in [9.17, 15) is 9.59 Å². The van der Waals surface area contributed by atoms with Crippen molar-refractivity contribution >= 4 is 46.2 Å². The largest absolute Gasteiger partial charge is 0.385 e. The van der Waals surface area contributed by atoms with Crippen LogP contribution in [-0.2, 0) is 4.74 Å². The van der Waals surface area contributed by atoms with Gasteiger partial charge in [-0.1, -0.05) is 12.1 Å². The number of fused-ring (bicyclic) bond motifs is 2. The third-order valence-corrected chi connectivity index (χ3v) is 7.65. The minimum absolute atomic E-state index is 0.0545. The lowest BCUT2D eigenvalue weighted by Crippen LogP contribution is -2.12. The minimum Gasteiger partial charge on any atom is -0.385 e. The number of carbonyl (C=O) groups excluding carboxylic acids is 2. The van der Waals surface area contributed by atoms with Crippen LogP contribution in [0.4, 0.5) is 23.0 Å². The Morgan fingerprint density at radius 1 is 0.647 bits per heavy atom. The lowest BCUT2D eigenvalue weighted by Gasteiger charge is -2.05. The fourth-order valence-corrected chi connectivity index (χ4v) is 5.16. The van der Waals surface area contributed by atoms with Gasteiger partial charge in [-0.15, -0.1) is 20.5 Å². The zero-order valence-electron chi connectivity index (χ0n) is 27.2. The summed E-state index contributed by atoms with van der Waals surface area (Å²) in [5.74, 6) is -0.341. The van der Waals surface area contributed by atoms with Crippen LogP contribution in [0.5, 0.6) is 0 Å². The van der Waals surface area contributed by atoms with Crippen LogP contribution < -0.4 is 0 Å². The Morgan fingerprint density at radius 2 is 1.10 bits per heavy atom. The predicted octanol–water partition coefficient (Wildman–Crippen LogP) is 4.65. The van der Waals surface area contributed by atoms with E-state index in [0.717, 1.165) is 0 Å². The highest BCUT2D eigenvalue weighted by molar-refractivity contribution is 6.06. The second-order valence-corrected chi connectivity index (χ2v) is 11.0. The van der Waals surface area contributed by atoms with E-state index in [1.54, 1.807) is 85.5 Å². The van der Waals surface area contributed by atoms with Gasteiger partial charge in [-0.2, -0.15) is 49.0 Å². The number of nitrogens with one attached hydrogen (secondary N) is 2. The Bertz CT molecular complexity index is 2470. The van der Waals surface area contributed by atoms with Crippen LogP contribution in [0.15, 0.2) is 81.6 Å². The molecule has 0 atom stereocenters. The highest BCUT2D eigenvalue weighted by Gasteiger charge is 2.28.